The molecule has 0 aromatic rings. The molecule has 0 aromatic heterocycles. The first-order valence-electron chi connectivity index (χ1n) is 2.24. The molecule has 0 bridgehead atoms. The zero-order valence-corrected chi connectivity index (χ0v) is 5.31. The Hall–Kier alpha value is -1.52. The standard InChI is InChI=1S/C3H4O3.C2H4O2/c4-2-1-3(5)6;1-2(3)4/h1-2,4H,(H,5,6);1H3,(H,3,4). The Labute approximate surface area is 57.2 Å². The molecule has 0 heterocycles. The SMILES string of the molecule is CC(=O)O.O=C(O)C=CO. The Morgan fingerprint density at radius 1 is 1.30 bits per heavy atom. The lowest BCUT2D eigenvalue weighted by Gasteiger charge is -1.68. The van der Waals surface area contributed by atoms with Gasteiger partial charge in [-0.25, -0.2) is 4.79 Å². The molecular formula is C5H8O5. The van der Waals surface area contributed by atoms with E-state index in [1.54, 1.807) is 0 Å². The summed E-state index contributed by atoms with van der Waals surface area (Å²) >= 11 is 0. The van der Waals surface area contributed by atoms with Crippen LogP contribution in [-0.4, -0.2) is 27.3 Å². The highest BCUT2D eigenvalue weighted by atomic mass is 16.4. The van der Waals surface area contributed by atoms with Gasteiger partial charge in [-0.2, -0.15) is 0 Å². The maximum Gasteiger partial charge on any atom is 0.331 e. The molecule has 0 spiro atoms. The van der Waals surface area contributed by atoms with Gasteiger partial charge in [0.05, 0.1) is 12.3 Å². The predicted molar refractivity (Wildman–Crippen MR) is 32.7 cm³/mol. The van der Waals surface area contributed by atoms with Gasteiger partial charge in [0.1, 0.15) is 0 Å². The predicted octanol–water partition coefficient (Wildman–Crippen LogP) is 0.234. The zero-order chi connectivity index (χ0) is 8.57. The maximum atomic E-state index is 9.35. The van der Waals surface area contributed by atoms with Crippen molar-refractivity contribution in [2.24, 2.45) is 0 Å². The lowest BCUT2D eigenvalue weighted by Crippen LogP contribution is -1.84. The van der Waals surface area contributed by atoms with Crippen LogP contribution in [0.25, 0.3) is 0 Å². The molecule has 0 saturated carbocycles. The molecule has 0 rings (SSSR count). The summed E-state index contributed by atoms with van der Waals surface area (Å²) in [5.41, 5.74) is 0. The fourth-order valence-corrected chi connectivity index (χ4v) is 0.0638. The number of hydrogen-bond acceptors (Lipinski definition) is 3. The van der Waals surface area contributed by atoms with Crippen LogP contribution in [0, 0.1) is 0 Å². The summed E-state index contributed by atoms with van der Waals surface area (Å²) in [7, 11) is 0. The van der Waals surface area contributed by atoms with Crippen LogP contribution in [0.1, 0.15) is 6.92 Å². The molecule has 5 heteroatoms. The molecule has 0 atom stereocenters. The van der Waals surface area contributed by atoms with Gasteiger partial charge in [0.2, 0.25) is 0 Å². The molecule has 0 aromatic carbocycles. The van der Waals surface area contributed by atoms with Crippen molar-refractivity contribution in [3.8, 4) is 0 Å². The van der Waals surface area contributed by atoms with Gasteiger partial charge in [-0.1, -0.05) is 0 Å². The van der Waals surface area contributed by atoms with E-state index < -0.39 is 11.9 Å². The first-order chi connectivity index (χ1) is 4.50. The zero-order valence-electron chi connectivity index (χ0n) is 5.31. The Morgan fingerprint density at radius 3 is 1.60 bits per heavy atom. The van der Waals surface area contributed by atoms with E-state index in [4.69, 9.17) is 20.1 Å². The van der Waals surface area contributed by atoms with Gasteiger partial charge < -0.3 is 15.3 Å². The highest BCUT2D eigenvalue weighted by Crippen LogP contribution is 1.62. The Kier molecular flexibility index (Phi) is 8.45. The molecule has 58 valence electrons. The van der Waals surface area contributed by atoms with Crippen LogP contribution < -0.4 is 0 Å². The van der Waals surface area contributed by atoms with Crippen molar-refractivity contribution in [3.05, 3.63) is 12.3 Å². The quantitative estimate of drug-likeness (QED) is 0.365. The first-order valence-corrected chi connectivity index (χ1v) is 2.24. The molecule has 5 nitrogen and oxygen atoms in total. The Balaban J connectivity index is 0. The summed E-state index contributed by atoms with van der Waals surface area (Å²) in [6.45, 7) is 1.08. The topological polar surface area (TPSA) is 94.8 Å². The largest absolute Gasteiger partial charge is 0.515 e. The third-order valence-electron chi connectivity index (χ3n) is 0.217. The van der Waals surface area contributed by atoms with Crippen molar-refractivity contribution in [1.82, 2.24) is 0 Å². The van der Waals surface area contributed by atoms with E-state index in [2.05, 4.69) is 0 Å². The summed E-state index contributed by atoms with van der Waals surface area (Å²) in [6.07, 6.45) is 1.11. The van der Waals surface area contributed by atoms with E-state index in [1.807, 2.05) is 0 Å². The molecule has 0 fully saturated rings. The molecule has 0 unspecified atom stereocenters. The van der Waals surface area contributed by atoms with E-state index >= 15 is 0 Å². The number of aliphatic carboxylic acids is 2. The van der Waals surface area contributed by atoms with Crippen molar-refractivity contribution in [2.45, 2.75) is 6.92 Å². The summed E-state index contributed by atoms with van der Waals surface area (Å²) in [6, 6.07) is 0. The minimum Gasteiger partial charge on any atom is -0.515 e. The maximum absolute atomic E-state index is 9.35. The van der Waals surface area contributed by atoms with Crippen molar-refractivity contribution < 1.29 is 24.9 Å². The van der Waals surface area contributed by atoms with Crippen LogP contribution in [0.3, 0.4) is 0 Å². The van der Waals surface area contributed by atoms with E-state index in [1.165, 1.54) is 0 Å². The fourth-order valence-electron chi connectivity index (χ4n) is 0.0638. The minimum absolute atomic E-state index is 0.475. The van der Waals surface area contributed by atoms with Gasteiger partial charge in [0.15, 0.2) is 0 Å². The second-order valence-corrected chi connectivity index (χ2v) is 1.17. The lowest BCUT2D eigenvalue weighted by molar-refractivity contribution is -0.134. The summed E-state index contributed by atoms with van der Waals surface area (Å²) in [5.74, 6) is -1.97. The van der Waals surface area contributed by atoms with E-state index in [0.29, 0.717) is 12.3 Å². The fraction of sp³-hybridized carbons (Fsp3) is 0.200. The molecule has 0 radical (unpaired) electrons. The second kappa shape index (κ2) is 7.48. The summed E-state index contributed by atoms with van der Waals surface area (Å²) in [4.78, 5) is 18.4. The lowest BCUT2D eigenvalue weighted by atomic mass is 10.7. The van der Waals surface area contributed by atoms with E-state index in [0.717, 1.165) is 6.92 Å². The third kappa shape index (κ3) is 88.8. The van der Waals surface area contributed by atoms with Gasteiger partial charge in [0.25, 0.3) is 5.97 Å². The number of hydrogen-bond donors (Lipinski definition) is 3. The van der Waals surface area contributed by atoms with Crippen molar-refractivity contribution >= 4 is 11.9 Å². The van der Waals surface area contributed by atoms with Crippen LogP contribution in [0.15, 0.2) is 12.3 Å². The first kappa shape index (κ1) is 11.3. The minimum atomic E-state index is -1.14. The number of carbonyl (C=O) groups is 2. The van der Waals surface area contributed by atoms with E-state index in [9.17, 15) is 4.79 Å². The van der Waals surface area contributed by atoms with Crippen molar-refractivity contribution in [1.29, 1.82) is 0 Å². The average molecular weight is 148 g/mol. The molecule has 0 amide bonds. The Morgan fingerprint density at radius 2 is 1.60 bits per heavy atom. The molecule has 0 saturated heterocycles. The van der Waals surface area contributed by atoms with E-state index in [-0.39, 0.29) is 0 Å². The van der Waals surface area contributed by atoms with Gasteiger partial charge in [-0.15, -0.1) is 0 Å². The van der Waals surface area contributed by atoms with Gasteiger partial charge >= 0.3 is 5.97 Å². The smallest absolute Gasteiger partial charge is 0.331 e. The van der Waals surface area contributed by atoms with Crippen molar-refractivity contribution in [3.63, 3.8) is 0 Å². The van der Waals surface area contributed by atoms with Crippen molar-refractivity contribution in [2.75, 3.05) is 0 Å². The van der Waals surface area contributed by atoms with Crippen LogP contribution >= 0.6 is 0 Å². The van der Waals surface area contributed by atoms with Crippen LogP contribution in [0.2, 0.25) is 0 Å². The van der Waals surface area contributed by atoms with Crippen LogP contribution in [0.5, 0.6) is 0 Å². The molecular weight excluding hydrogens is 140 g/mol. The van der Waals surface area contributed by atoms with Crippen LogP contribution in [-0.2, 0) is 9.59 Å². The number of rotatable bonds is 1. The molecule has 0 aliphatic carbocycles. The van der Waals surface area contributed by atoms with Gasteiger partial charge in [0, 0.05) is 6.92 Å². The monoisotopic (exact) mass is 148 g/mol. The average Bonchev–Trinajstić information content (AvgIpc) is 1.62. The molecule has 0 aliphatic rings. The number of aliphatic hydroxyl groups is 1. The number of carboxylic acids is 2. The number of carboxylic acid groups (broad SMARTS) is 2. The van der Waals surface area contributed by atoms with Gasteiger partial charge in [-0.05, 0) is 0 Å². The Bertz CT molecular complexity index is 133. The molecule has 3 N–H and O–H groups in total. The summed E-state index contributed by atoms with van der Waals surface area (Å²) in [5, 5.41) is 22.8. The molecule has 10 heavy (non-hydrogen) atoms. The number of aliphatic hydroxyl groups excluding tert-OH is 1. The van der Waals surface area contributed by atoms with Crippen LogP contribution in [0.4, 0.5) is 0 Å². The normalized spacial score (nSPS) is 8.10. The highest BCUT2D eigenvalue weighted by Gasteiger charge is 1.78. The second-order valence-electron chi connectivity index (χ2n) is 1.17. The highest BCUT2D eigenvalue weighted by molar-refractivity contribution is 5.79. The van der Waals surface area contributed by atoms with Gasteiger partial charge in [-0.3, -0.25) is 4.79 Å². The molecule has 0 aliphatic heterocycles. The third-order valence-corrected chi connectivity index (χ3v) is 0.217. The summed E-state index contributed by atoms with van der Waals surface area (Å²) < 4.78 is 0.